The van der Waals surface area contributed by atoms with Crippen molar-refractivity contribution in [3.63, 3.8) is 0 Å². The molecule has 1 fully saturated rings. The van der Waals surface area contributed by atoms with E-state index in [4.69, 9.17) is 23.2 Å². The van der Waals surface area contributed by atoms with Gasteiger partial charge in [-0.1, -0.05) is 61.5 Å². The second kappa shape index (κ2) is 8.19. The van der Waals surface area contributed by atoms with Crippen LogP contribution in [0.4, 0.5) is 0 Å². The van der Waals surface area contributed by atoms with E-state index in [-0.39, 0.29) is 5.92 Å². The zero-order chi connectivity index (χ0) is 15.2. The number of carbonyl (C=O) groups excluding carboxylic acids is 1. The number of unbranched alkanes of at least 4 members (excludes halogenated alkanes) is 1. The highest BCUT2D eigenvalue weighted by molar-refractivity contribution is 6.42. The standard InChI is InChI=1S/C18H24Cl2O/c1-2-3-5-13-8-10-14(11-9-13)17(21)12-15-6-4-7-16(19)18(15)20/h4,6-7,13-14H,2-3,5,8-12H2,1H3. The van der Waals surface area contributed by atoms with Gasteiger partial charge >= 0.3 is 0 Å². The van der Waals surface area contributed by atoms with E-state index in [9.17, 15) is 4.79 Å². The Balaban J connectivity index is 1.86. The molecule has 0 N–H and O–H groups in total. The largest absolute Gasteiger partial charge is 0.299 e. The average Bonchev–Trinajstić information content (AvgIpc) is 2.50. The molecule has 0 radical (unpaired) electrons. The first kappa shape index (κ1) is 16.8. The third-order valence-corrected chi connectivity index (χ3v) is 5.52. The smallest absolute Gasteiger partial charge is 0.140 e. The van der Waals surface area contributed by atoms with E-state index < -0.39 is 0 Å². The minimum Gasteiger partial charge on any atom is -0.299 e. The summed E-state index contributed by atoms with van der Waals surface area (Å²) in [5.74, 6) is 1.38. The maximum atomic E-state index is 12.5. The molecule has 1 aromatic rings. The summed E-state index contributed by atoms with van der Waals surface area (Å²) in [6.45, 7) is 2.24. The maximum absolute atomic E-state index is 12.5. The summed E-state index contributed by atoms with van der Waals surface area (Å²) in [7, 11) is 0. The molecule has 0 bridgehead atoms. The van der Waals surface area contributed by atoms with Crippen LogP contribution in [-0.4, -0.2) is 5.78 Å². The van der Waals surface area contributed by atoms with Gasteiger partial charge in [0.05, 0.1) is 10.0 Å². The van der Waals surface area contributed by atoms with E-state index in [2.05, 4.69) is 6.92 Å². The number of benzene rings is 1. The normalized spacial score (nSPS) is 22.2. The van der Waals surface area contributed by atoms with Gasteiger partial charge in [-0.15, -0.1) is 0 Å². The zero-order valence-corrected chi connectivity index (χ0v) is 14.2. The molecule has 1 aliphatic carbocycles. The topological polar surface area (TPSA) is 17.1 Å². The van der Waals surface area contributed by atoms with Crippen LogP contribution in [0.15, 0.2) is 18.2 Å². The molecular formula is C18H24Cl2O. The molecule has 0 amide bonds. The molecule has 0 heterocycles. The van der Waals surface area contributed by atoms with Crippen LogP contribution in [-0.2, 0) is 11.2 Å². The first-order valence-electron chi connectivity index (χ1n) is 8.07. The summed E-state index contributed by atoms with van der Waals surface area (Å²) in [5.41, 5.74) is 0.863. The molecule has 116 valence electrons. The van der Waals surface area contributed by atoms with Crippen LogP contribution in [0, 0.1) is 11.8 Å². The van der Waals surface area contributed by atoms with Gasteiger partial charge in [0.2, 0.25) is 0 Å². The third-order valence-electron chi connectivity index (χ3n) is 4.66. The number of Topliss-reactive ketones (excluding diaryl/α,β-unsaturated/α-hetero) is 1. The highest BCUT2D eigenvalue weighted by Crippen LogP contribution is 2.34. The molecule has 0 saturated heterocycles. The lowest BCUT2D eigenvalue weighted by molar-refractivity contribution is -0.123. The van der Waals surface area contributed by atoms with Crippen molar-refractivity contribution in [2.75, 3.05) is 0 Å². The summed E-state index contributed by atoms with van der Waals surface area (Å²) in [6.07, 6.45) is 8.85. The molecule has 0 atom stereocenters. The van der Waals surface area contributed by atoms with Crippen LogP contribution in [0.25, 0.3) is 0 Å². The first-order chi connectivity index (χ1) is 10.1. The van der Waals surface area contributed by atoms with Crippen molar-refractivity contribution < 1.29 is 4.79 Å². The Morgan fingerprint density at radius 2 is 1.90 bits per heavy atom. The maximum Gasteiger partial charge on any atom is 0.140 e. The van der Waals surface area contributed by atoms with Crippen LogP contribution < -0.4 is 0 Å². The first-order valence-corrected chi connectivity index (χ1v) is 8.83. The van der Waals surface area contributed by atoms with Crippen LogP contribution in [0.1, 0.15) is 57.4 Å². The van der Waals surface area contributed by atoms with Gasteiger partial charge in [0.1, 0.15) is 5.78 Å². The predicted molar refractivity (Wildman–Crippen MR) is 90.1 cm³/mol. The van der Waals surface area contributed by atoms with Crippen molar-refractivity contribution in [3.05, 3.63) is 33.8 Å². The van der Waals surface area contributed by atoms with E-state index >= 15 is 0 Å². The van der Waals surface area contributed by atoms with Crippen LogP contribution in [0.3, 0.4) is 0 Å². The predicted octanol–water partition coefficient (Wildman–Crippen LogP) is 6.10. The summed E-state index contributed by atoms with van der Waals surface area (Å²) < 4.78 is 0. The van der Waals surface area contributed by atoms with Crippen LogP contribution in [0.2, 0.25) is 10.0 Å². The number of ketones is 1. The van der Waals surface area contributed by atoms with Crippen LogP contribution >= 0.6 is 23.2 Å². The SMILES string of the molecule is CCCCC1CCC(C(=O)Cc2cccc(Cl)c2Cl)CC1. The van der Waals surface area contributed by atoms with Crippen molar-refractivity contribution >= 4 is 29.0 Å². The minimum atomic E-state index is 0.220. The van der Waals surface area contributed by atoms with E-state index in [1.165, 1.54) is 32.1 Å². The minimum absolute atomic E-state index is 0.220. The van der Waals surface area contributed by atoms with Gasteiger partial charge in [-0.05, 0) is 43.2 Å². The van der Waals surface area contributed by atoms with Crippen molar-refractivity contribution in [2.45, 2.75) is 58.3 Å². The van der Waals surface area contributed by atoms with Gasteiger partial charge in [-0.3, -0.25) is 4.79 Å². The molecule has 2 rings (SSSR count). The van der Waals surface area contributed by atoms with Crippen molar-refractivity contribution in [3.8, 4) is 0 Å². The van der Waals surface area contributed by atoms with Crippen molar-refractivity contribution in [2.24, 2.45) is 11.8 Å². The second-order valence-corrected chi connectivity index (χ2v) is 7.00. The van der Waals surface area contributed by atoms with Crippen molar-refractivity contribution in [1.29, 1.82) is 0 Å². The highest BCUT2D eigenvalue weighted by atomic mass is 35.5. The van der Waals surface area contributed by atoms with Gasteiger partial charge < -0.3 is 0 Å². The monoisotopic (exact) mass is 326 g/mol. The molecule has 0 aromatic heterocycles. The molecule has 1 aliphatic rings. The molecule has 3 heteroatoms. The van der Waals surface area contributed by atoms with E-state index in [0.717, 1.165) is 24.3 Å². The second-order valence-electron chi connectivity index (χ2n) is 6.22. The average molecular weight is 327 g/mol. The molecule has 1 saturated carbocycles. The molecular weight excluding hydrogens is 303 g/mol. The highest BCUT2D eigenvalue weighted by Gasteiger charge is 2.26. The third kappa shape index (κ3) is 4.72. The number of hydrogen-bond acceptors (Lipinski definition) is 1. The van der Waals surface area contributed by atoms with E-state index in [1.54, 1.807) is 6.07 Å². The molecule has 0 aliphatic heterocycles. The van der Waals surface area contributed by atoms with E-state index in [0.29, 0.717) is 22.2 Å². The van der Waals surface area contributed by atoms with Gasteiger partial charge in [0.25, 0.3) is 0 Å². The number of rotatable bonds is 6. The lowest BCUT2D eigenvalue weighted by Gasteiger charge is -2.27. The Bertz CT molecular complexity index is 476. The number of hydrogen-bond donors (Lipinski definition) is 0. The summed E-state index contributed by atoms with van der Waals surface area (Å²) in [5, 5.41) is 1.06. The van der Waals surface area contributed by atoms with Gasteiger partial charge in [-0.2, -0.15) is 0 Å². The van der Waals surface area contributed by atoms with Gasteiger partial charge in [0, 0.05) is 12.3 Å². The number of halogens is 2. The van der Waals surface area contributed by atoms with Gasteiger partial charge in [0.15, 0.2) is 0 Å². The molecule has 1 nitrogen and oxygen atoms in total. The number of carbonyl (C=O) groups is 1. The van der Waals surface area contributed by atoms with Gasteiger partial charge in [-0.25, -0.2) is 0 Å². The Morgan fingerprint density at radius 3 is 2.57 bits per heavy atom. The zero-order valence-electron chi connectivity index (χ0n) is 12.7. The summed E-state index contributed by atoms with van der Waals surface area (Å²) >= 11 is 12.2. The Morgan fingerprint density at radius 1 is 1.19 bits per heavy atom. The Kier molecular flexibility index (Phi) is 6.57. The fourth-order valence-electron chi connectivity index (χ4n) is 3.28. The Hall–Kier alpha value is -0.530. The molecule has 0 spiro atoms. The van der Waals surface area contributed by atoms with E-state index in [1.807, 2.05) is 12.1 Å². The lowest BCUT2D eigenvalue weighted by atomic mass is 9.77. The fraction of sp³-hybridized carbons (Fsp3) is 0.611. The quantitative estimate of drug-likeness (QED) is 0.617. The molecule has 21 heavy (non-hydrogen) atoms. The fourth-order valence-corrected chi connectivity index (χ4v) is 3.67. The molecule has 1 aromatic carbocycles. The summed E-state index contributed by atoms with van der Waals surface area (Å²) in [4.78, 5) is 12.5. The van der Waals surface area contributed by atoms with Crippen molar-refractivity contribution in [1.82, 2.24) is 0 Å². The summed E-state index contributed by atoms with van der Waals surface area (Å²) in [6, 6.07) is 5.52. The van der Waals surface area contributed by atoms with Crippen LogP contribution in [0.5, 0.6) is 0 Å². The molecule has 0 unspecified atom stereocenters. The lowest BCUT2D eigenvalue weighted by Crippen LogP contribution is -2.23. The Labute approximate surface area is 138 Å².